The maximum atomic E-state index is 12.5. The Kier molecular flexibility index (Phi) is 4.91. The van der Waals surface area contributed by atoms with Crippen molar-refractivity contribution in [3.05, 3.63) is 47.3 Å². The normalized spacial score (nSPS) is 11.2. The van der Waals surface area contributed by atoms with Crippen LogP contribution in [0, 0.1) is 6.92 Å². The highest BCUT2D eigenvalue weighted by atomic mass is 19.4. The lowest BCUT2D eigenvalue weighted by Crippen LogP contribution is -2.20. The average molecular weight is 341 g/mol. The molecule has 2 rings (SSSR count). The number of hydrogen-bond donors (Lipinski definition) is 1. The molecule has 6 nitrogen and oxygen atoms in total. The van der Waals surface area contributed by atoms with Crippen LogP contribution in [0.2, 0.25) is 0 Å². The molecule has 1 aromatic heterocycles. The van der Waals surface area contributed by atoms with Gasteiger partial charge in [-0.05, 0) is 30.7 Å². The van der Waals surface area contributed by atoms with Gasteiger partial charge < -0.3 is 10.1 Å². The molecule has 24 heavy (non-hydrogen) atoms. The van der Waals surface area contributed by atoms with Crippen molar-refractivity contribution in [3.63, 3.8) is 0 Å². The van der Waals surface area contributed by atoms with Crippen LogP contribution < -0.4 is 5.32 Å². The van der Waals surface area contributed by atoms with E-state index in [2.05, 4.69) is 15.2 Å². The van der Waals surface area contributed by atoms with Crippen LogP contribution in [0.3, 0.4) is 0 Å². The zero-order chi connectivity index (χ0) is 17.9. The smallest absolute Gasteiger partial charge is 0.435 e. The summed E-state index contributed by atoms with van der Waals surface area (Å²) in [6.07, 6.45) is -3.49. The Morgan fingerprint density at radius 3 is 2.58 bits per heavy atom. The Labute approximate surface area is 135 Å². The Bertz CT molecular complexity index is 769. The molecule has 1 aromatic carbocycles. The largest absolute Gasteiger partial charge is 0.465 e. The third-order valence-corrected chi connectivity index (χ3v) is 3.25. The second-order valence-electron chi connectivity index (χ2n) is 4.91. The van der Waals surface area contributed by atoms with Gasteiger partial charge in [-0.3, -0.25) is 9.48 Å². The zero-order valence-corrected chi connectivity index (χ0v) is 12.8. The Hall–Kier alpha value is -2.84. The molecule has 1 heterocycles. The average Bonchev–Trinajstić information content (AvgIpc) is 2.97. The molecule has 0 saturated heterocycles. The number of hydrogen-bond acceptors (Lipinski definition) is 4. The van der Waals surface area contributed by atoms with E-state index in [1.807, 2.05) is 0 Å². The van der Waals surface area contributed by atoms with Crippen LogP contribution in [-0.2, 0) is 22.3 Å². The van der Waals surface area contributed by atoms with Crippen molar-refractivity contribution in [2.45, 2.75) is 19.6 Å². The van der Waals surface area contributed by atoms with Gasteiger partial charge in [0.05, 0.1) is 12.7 Å². The molecule has 128 valence electrons. The van der Waals surface area contributed by atoms with Gasteiger partial charge in [0.1, 0.15) is 6.54 Å². The fraction of sp³-hybridized carbons (Fsp3) is 0.267. The molecule has 0 bridgehead atoms. The van der Waals surface area contributed by atoms with Crippen LogP contribution >= 0.6 is 0 Å². The molecular formula is C15H14F3N3O3. The van der Waals surface area contributed by atoms with Gasteiger partial charge in [-0.15, -0.1) is 0 Å². The topological polar surface area (TPSA) is 73.2 Å². The van der Waals surface area contributed by atoms with E-state index in [0.717, 1.165) is 16.9 Å². The van der Waals surface area contributed by atoms with Gasteiger partial charge in [-0.2, -0.15) is 18.3 Å². The van der Waals surface area contributed by atoms with E-state index < -0.39 is 30.3 Å². The quantitative estimate of drug-likeness (QED) is 0.868. The molecule has 0 spiro atoms. The highest BCUT2D eigenvalue weighted by Gasteiger charge is 2.33. The number of rotatable bonds is 4. The zero-order valence-electron chi connectivity index (χ0n) is 12.8. The minimum absolute atomic E-state index is 0.286. The maximum Gasteiger partial charge on any atom is 0.435 e. The summed E-state index contributed by atoms with van der Waals surface area (Å²) in [5.41, 5.74) is 0.0770. The third-order valence-electron chi connectivity index (χ3n) is 3.25. The number of nitrogens with zero attached hydrogens (tertiary/aromatic N) is 2. The first-order valence-corrected chi connectivity index (χ1v) is 6.81. The van der Waals surface area contributed by atoms with Crippen molar-refractivity contribution in [3.8, 4) is 0 Å². The minimum atomic E-state index is -4.56. The lowest BCUT2D eigenvalue weighted by atomic mass is 10.1. The molecule has 0 fully saturated rings. The van der Waals surface area contributed by atoms with Crippen LogP contribution in [0.15, 0.2) is 30.5 Å². The van der Waals surface area contributed by atoms with E-state index >= 15 is 0 Å². The molecule has 1 amide bonds. The number of methoxy groups -OCH3 is 1. The van der Waals surface area contributed by atoms with Crippen LogP contribution in [-0.4, -0.2) is 28.8 Å². The summed E-state index contributed by atoms with van der Waals surface area (Å²) in [6, 6.07) is 5.46. The first-order valence-electron chi connectivity index (χ1n) is 6.81. The number of carbonyl (C=O) groups is 2. The molecular weight excluding hydrogens is 327 g/mol. The van der Waals surface area contributed by atoms with Crippen LogP contribution in [0.25, 0.3) is 0 Å². The number of amides is 1. The standard InChI is InChI=1S/C15H14F3N3O3/c1-9-10(14(23)24-2)4-3-5-11(9)19-13(22)8-21-7-6-12(20-21)15(16,17)18/h3-7H,8H2,1-2H3,(H,19,22). The van der Waals surface area contributed by atoms with Crippen molar-refractivity contribution < 1.29 is 27.5 Å². The lowest BCUT2D eigenvalue weighted by molar-refractivity contribution is -0.141. The molecule has 0 aliphatic heterocycles. The van der Waals surface area contributed by atoms with Crippen LogP contribution in [0.5, 0.6) is 0 Å². The number of esters is 1. The van der Waals surface area contributed by atoms with Gasteiger partial charge in [-0.1, -0.05) is 6.07 Å². The number of anilines is 1. The second-order valence-corrected chi connectivity index (χ2v) is 4.91. The maximum absolute atomic E-state index is 12.5. The molecule has 1 N–H and O–H groups in total. The molecule has 0 unspecified atom stereocenters. The fourth-order valence-electron chi connectivity index (χ4n) is 2.04. The molecule has 0 aliphatic carbocycles. The number of alkyl halides is 3. The first-order chi connectivity index (χ1) is 11.2. The summed E-state index contributed by atoms with van der Waals surface area (Å²) in [4.78, 5) is 23.6. The van der Waals surface area contributed by atoms with Crippen LogP contribution in [0.4, 0.5) is 18.9 Å². The highest BCUT2D eigenvalue weighted by Crippen LogP contribution is 2.27. The van der Waals surface area contributed by atoms with Crippen molar-refractivity contribution in [2.24, 2.45) is 0 Å². The van der Waals surface area contributed by atoms with Gasteiger partial charge in [0.15, 0.2) is 5.69 Å². The number of aromatic nitrogens is 2. The number of benzene rings is 1. The van der Waals surface area contributed by atoms with Gasteiger partial charge >= 0.3 is 12.1 Å². The summed E-state index contributed by atoms with van der Waals surface area (Å²) in [6.45, 7) is 1.23. The van der Waals surface area contributed by atoms with Crippen molar-refractivity contribution in [2.75, 3.05) is 12.4 Å². The van der Waals surface area contributed by atoms with Crippen LogP contribution in [0.1, 0.15) is 21.6 Å². The Morgan fingerprint density at radius 2 is 2.00 bits per heavy atom. The summed E-state index contributed by atoms with van der Waals surface area (Å²) >= 11 is 0. The number of halogens is 3. The van der Waals surface area contributed by atoms with Gasteiger partial charge in [0.25, 0.3) is 0 Å². The molecule has 0 atom stereocenters. The predicted octanol–water partition coefficient (Wildman–Crippen LogP) is 2.64. The highest BCUT2D eigenvalue weighted by molar-refractivity contribution is 5.96. The summed E-state index contributed by atoms with van der Waals surface area (Å²) in [7, 11) is 1.24. The van der Waals surface area contributed by atoms with E-state index in [4.69, 9.17) is 0 Å². The molecule has 0 aliphatic rings. The number of nitrogens with one attached hydrogen (secondary N) is 1. The minimum Gasteiger partial charge on any atom is -0.465 e. The SMILES string of the molecule is COC(=O)c1cccc(NC(=O)Cn2ccc(C(F)(F)F)n2)c1C. The predicted molar refractivity (Wildman–Crippen MR) is 78.4 cm³/mol. The summed E-state index contributed by atoms with van der Waals surface area (Å²) in [5.74, 6) is -1.12. The van der Waals surface area contributed by atoms with Gasteiger partial charge in [-0.25, -0.2) is 4.79 Å². The Balaban J connectivity index is 2.10. The number of ether oxygens (including phenoxy) is 1. The van der Waals surface area contributed by atoms with E-state index in [0.29, 0.717) is 11.3 Å². The first kappa shape index (κ1) is 17.5. The van der Waals surface area contributed by atoms with Gasteiger partial charge in [0.2, 0.25) is 5.91 Å². The van der Waals surface area contributed by atoms with Crippen molar-refractivity contribution in [1.29, 1.82) is 0 Å². The molecule has 9 heteroatoms. The fourth-order valence-corrected chi connectivity index (χ4v) is 2.04. The molecule has 2 aromatic rings. The van der Waals surface area contributed by atoms with Crippen molar-refractivity contribution >= 4 is 17.6 Å². The van der Waals surface area contributed by atoms with Crippen molar-refractivity contribution in [1.82, 2.24) is 9.78 Å². The monoisotopic (exact) mass is 341 g/mol. The van der Waals surface area contributed by atoms with E-state index in [1.54, 1.807) is 25.1 Å². The van der Waals surface area contributed by atoms with Gasteiger partial charge in [0, 0.05) is 11.9 Å². The third kappa shape index (κ3) is 3.92. The second kappa shape index (κ2) is 6.73. The molecule has 0 saturated carbocycles. The summed E-state index contributed by atoms with van der Waals surface area (Å²) < 4.78 is 42.9. The van der Waals surface area contributed by atoms with E-state index in [1.165, 1.54) is 7.11 Å². The number of carbonyl (C=O) groups excluding carboxylic acids is 2. The van der Waals surface area contributed by atoms with E-state index in [-0.39, 0.29) is 5.56 Å². The lowest BCUT2D eigenvalue weighted by Gasteiger charge is -2.11. The summed E-state index contributed by atoms with van der Waals surface area (Å²) in [5, 5.41) is 5.84. The van der Waals surface area contributed by atoms with E-state index in [9.17, 15) is 22.8 Å². The Morgan fingerprint density at radius 1 is 1.29 bits per heavy atom. The molecule has 0 radical (unpaired) electrons.